The molecule has 0 saturated carbocycles. The van der Waals surface area contributed by atoms with Crippen LogP contribution in [0, 0.1) is 15.9 Å². The molecule has 1 unspecified atom stereocenters. The maximum absolute atomic E-state index is 13.1. The van der Waals surface area contributed by atoms with Crippen molar-refractivity contribution >= 4 is 39.9 Å². The average molecular weight is 476 g/mol. The van der Waals surface area contributed by atoms with E-state index in [-0.39, 0.29) is 34.0 Å². The van der Waals surface area contributed by atoms with Crippen LogP contribution in [-0.2, 0) is 6.42 Å². The van der Waals surface area contributed by atoms with E-state index in [9.17, 15) is 19.3 Å². The van der Waals surface area contributed by atoms with Gasteiger partial charge in [-0.25, -0.2) is 9.37 Å². The van der Waals surface area contributed by atoms with E-state index < -0.39 is 4.92 Å². The van der Waals surface area contributed by atoms with Crippen molar-refractivity contribution in [2.45, 2.75) is 19.4 Å². The normalized spacial score (nSPS) is 16.3. The summed E-state index contributed by atoms with van der Waals surface area (Å²) >= 11 is 7.15. The van der Waals surface area contributed by atoms with E-state index in [1.54, 1.807) is 17.0 Å². The van der Waals surface area contributed by atoms with E-state index in [4.69, 9.17) is 11.6 Å². The molecular weight excluding hydrogens is 457 g/mol. The SMILES string of the molecule is CC1CN(c2nc(Cc3ccc(F)cc3)ns2)CCN1C(=O)c1ccc(Cl)c([N+](=O)[O-])c1. The van der Waals surface area contributed by atoms with Crippen molar-refractivity contribution in [2.24, 2.45) is 0 Å². The zero-order valence-corrected chi connectivity index (χ0v) is 18.6. The number of amides is 1. The molecule has 1 atom stereocenters. The second-order valence-corrected chi connectivity index (χ2v) is 8.65. The van der Waals surface area contributed by atoms with Crippen LogP contribution in [0.25, 0.3) is 0 Å². The molecule has 3 aromatic rings. The van der Waals surface area contributed by atoms with E-state index in [0.717, 1.165) is 10.7 Å². The fourth-order valence-electron chi connectivity index (χ4n) is 3.61. The van der Waals surface area contributed by atoms with E-state index in [1.165, 1.54) is 41.9 Å². The maximum Gasteiger partial charge on any atom is 0.288 e. The number of benzene rings is 2. The van der Waals surface area contributed by atoms with Crippen molar-refractivity contribution in [3.8, 4) is 0 Å². The van der Waals surface area contributed by atoms with Crippen LogP contribution in [0.15, 0.2) is 42.5 Å². The van der Waals surface area contributed by atoms with Crippen LogP contribution in [0.3, 0.4) is 0 Å². The summed E-state index contributed by atoms with van der Waals surface area (Å²) in [5.41, 5.74) is 0.877. The Morgan fingerprint density at radius 1 is 1.28 bits per heavy atom. The first-order valence-corrected chi connectivity index (χ1v) is 11.0. The molecule has 4 rings (SSSR count). The molecule has 0 radical (unpaired) electrons. The minimum Gasteiger partial charge on any atom is -0.343 e. The molecule has 0 bridgehead atoms. The fourth-order valence-corrected chi connectivity index (χ4v) is 4.52. The lowest BCUT2D eigenvalue weighted by molar-refractivity contribution is -0.384. The lowest BCUT2D eigenvalue weighted by Gasteiger charge is -2.39. The molecule has 1 aliphatic heterocycles. The zero-order valence-electron chi connectivity index (χ0n) is 17.1. The molecule has 2 heterocycles. The number of nitrogens with zero attached hydrogens (tertiary/aromatic N) is 5. The molecule has 1 aromatic heterocycles. The summed E-state index contributed by atoms with van der Waals surface area (Å²) in [6, 6.07) is 10.2. The average Bonchev–Trinajstić information content (AvgIpc) is 3.23. The zero-order chi connectivity index (χ0) is 22.8. The van der Waals surface area contributed by atoms with Crippen LogP contribution in [0.2, 0.25) is 5.02 Å². The third-order valence-electron chi connectivity index (χ3n) is 5.28. The number of nitro benzene ring substituents is 1. The standard InChI is InChI=1S/C21H19ClFN5O3S/c1-13-12-26(21-24-19(25-32-21)10-14-2-5-16(23)6-3-14)8-9-27(13)20(29)15-4-7-17(22)18(11-15)28(30)31/h2-7,11,13H,8-10,12H2,1H3. The number of piperazine rings is 1. The van der Waals surface area contributed by atoms with Gasteiger partial charge in [-0.15, -0.1) is 0 Å². The summed E-state index contributed by atoms with van der Waals surface area (Å²) in [6.07, 6.45) is 0.514. The predicted molar refractivity (Wildman–Crippen MR) is 120 cm³/mol. The maximum atomic E-state index is 13.1. The molecule has 1 amide bonds. The molecule has 166 valence electrons. The van der Waals surface area contributed by atoms with Crippen LogP contribution in [0.1, 0.15) is 28.7 Å². The first-order chi connectivity index (χ1) is 15.3. The van der Waals surface area contributed by atoms with Gasteiger partial charge in [-0.2, -0.15) is 4.37 Å². The summed E-state index contributed by atoms with van der Waals surface area (Å²) in [7, 11) is 0. The monoisotopic (exact) mass is 475 g/mol. The van der Waals surface area contributed by atoms with Crippen LogP contribution in [-0.4, -0.2) is 50.8 Å². The number of aromatic nitrogens is 2. The number of hydrogen-bond acceptors (Lipinski definition) is 7. The molecule has 8 nitrogen and oxygen atoms in total. The lowest BCUT2D eigenvalue weighted by atomic mass is 10.1. The summed E-state index contributed by atoms with van der Waals surface area (Å²) in [5, 5.41) is 11.9. The Labute approximate surface area is 192 Å². The van der Waals surface area contributed by atoms with E-state index in [1.807, 2.05) is 6.92 Å². The van der Waals surface area contributed by atoms with Crippen molar-refractivity contribution in [1.29, 1.82) is 0 Å². The Balaban J connectivity index is 1.42. The van der Waals surface area contributed by atoms with Gasteiger partial charge in [0, 0.05) is 55.3 Å². The van der Waals surface area contributed by atoms with Crippen LogP contribution in [0.5, 0.6) is 0 Å². The van der Waals surface area contributed by atoms with Crippen molar-refractivity contribution in [1.82, 2.24) is 14.3 Å². The highest BCUT2D eigenvalue weighted by molar-refractivity contribution is 7.09. The smallest absolute Gasteiger partial charge is 0.288 e. The highest BCUT2D eigenvalue weighted by atomic mass is 35.5. The second kappa shape index (κ2) is 9.17. The number of carbonyl (C=O) groups excluding carboxylic acids is 1. The van der Waals surface area contributed by atoms with Crippen molar-refractivity contribution in [3.05, 3.63) is 80.4 Å². The Bertz CT molecular complexity index is 1160. The number of hydrogen-bond donors (Lipinski definition) is 0. The third kappa shape index (κ3) is 4.71. The minimum absolute atomic E-state index is 0.00266. The second-order valence-electron chi connectivity index (χ2n) is 7.51. The molecule has 0 spiro atoms. The van der Waals surface area contributed by atoms with Gasteiger partial charge in [0.05, 0.1) is 4.92 Å². The minimum atomic E-state index is -0.598. The first-order valence-electron chi connectivity index (χ1n) is 9.88. The quantitative estimate of drug-likeness (QED) is 0.406. The predicted octanol–water partition coefficient (Wildman–Crippen LogP) is 4.18. The van der Waals surface area contributed by atoms with Crippen molar-refractivity contribution < 1.29 is 14.1 Å². The van der Waals surface area contributed by atoms with Crippen LogP contribution < -0.4 is 4.90 Å². The van der Waals surface area contributed by atoms with Gasteiger partial charge in [-0.3, -0.25) is 14.9 Å². The molecule has 0 N–H and O–H groups in total. The Morgan fingerprint density at radius 3 is 2.72 bits per heavy atom. The van der Waals surface area contributed by atoms with E-state index >= 15 is 0 Å². The van der Waals surface area contributed by atoms with E-state index in [0.29, 0.717) is 31.9 Å². The van der Waals surface area contributed by atoms with Gasteiger partial charge < -0.3 is 9.80 Å². The highest BCUT2D eigenvalue weighted by Gasteiger charge is 2.30. The highest BCUT2D eigenvalue weighted by Crippen LogP contribution is 2.27. The van der Waals surface area contributed by atoms with Crippen LogP contribution >= 0.6 is 23.1 Å². The van der Waals surface area contributed by atoms with Crippen molar-refractivity contribution in [2.75, 3.05) is 24.5 Å². The van der Waals surface area contributed by atoms with Gasteiger partial charge in [0.2, 0.25) is 5.13 Å². The summed E-state index contributed by atoms with van der Waals surface area (Å²) in [4.78, 5) is 31.9. The molecule has 1 fully saturated rings. The van der Waals surface area contributed by atoms with Gasteiger partial charge in [-0.1, -0.05) is 23.7 Å². The summed E-state index contributed by atoms with van der Waals surface area (Å²) in [5.74, 6) is 0.109. The summed E-state index contributed by atoms with van der Waals surface area (Å²) in [6.45, 7) is 3.50. The fraction of sp³-hybridized carbons (Fsp3) is 0.286. The number of anilines is 1. The topological polar surface area (TPSA) is 92.5 Å². The Morgan fingerprint density at radius 2 is 2.03 bits per heavy atom. The lowest BCUT2D eigenvalue weighted by Crippen LogP contribution is -2.54. The molecule has 1 aliphatic rings. The number of carbonyl (C=O) groups is 1. The molecule has 11 heteroatoms. The number of rotatable bonds is 5. The van der Waals surface area contributed by atoms with Gasteiger partial charge >= 0.3 is 0 Å². The number of nitro groups is 1. The Kier molecular flexibility index (Phi) is 6.33. The van der Waals surface area contributed by atoms with Crippen molar-refractivity contribution in [3.63, 3.8) is 0 Å². The molecule has 2 aromatic carbocycles. The van der Waals surface area contributed by atoms with Gasteiger partial charge in [-0.05, 0) is 36.8 Å². The third-order valence-corrected chi connectivity index (χ3v) is 6.42. The van der Waals surface area contributed by atoms with E-state index in [2.05, 4.69) is 14.3 Å². The molecule has 32 heavy (non-hydrogen) atoms. The number of halogens is 2. The molecule has 0 aliphatic carbocycles. The Hall–Kier alpha value is -3.11. The van der Waals surface area contributed by atoms with Gasteiger partial charge in [0.1, 0.15) is 16.7 Å². The largest absolute Gasteiger partial charge is 0.343 e. The first kappa shape index (κ1) is 22.1. The summed E-state index contributed by atoms with van der Waals surface area (Å²) < 4.78 is 17.5. The molecule has 1 saturated heterocycles. The molecular formula is C21H19ClFN5O3S. The van der Waals surface area contributed by atoms with Gasteiger partial charge in [0.25, 0.3) is 11.6 Å². The van der Waals surface area contributed by atoms with Crippen LogP contribution in [0.4, 0.5) is 15.2 Å². The van der Waals surface area contributed by atoms with Gasteiger partial charge in [0.15, 0.2) is 0 Å².